The molecule has 0 amide bonds. The Morgan fingerprint density at radius 3 is 2.50 bits per heavy atom. The number of ether oxygens (including phenoxy) is 2. The van der Waals surface area contributed by atoms with Crippen molar-refractivity contribution in [3.8, 4) is 17.4 Å². The number of aromatic nitrogens is 1. The van der Waals surface area contributed by atoms with E-state index in [1.165, 1.54) is 6.20 Å². The summed E-state index contributed by atoms with van der Waals surface area (Å²) in [5.74, 6) is 0.974. The summed E-state index contributed by atoms with van der Waals surface area (Å²) in [6.07, 6.45) is 1.45. The van der Waals surface area contributed by atoms with E-state index in [0.29, 0.717) is 23.8 Å². The zero-order valence-corrected chi connectivity index (χ0v) is 14.4. The number of hydrogen-bond acceptors (Lipinski definition) is 4. The van der Waals surface area contributed by atoms with Gasteiger partial charge in [0.25, 0.3) is 0 Å². The maximum absolute atomic E-state index is 10.7. The van der Waals surface area contributed by atoms with Crippen LogP contribution in [-0.2, 0) is 17.8 Å². The Morgan fingerprint density at radius 2 is 1.85 bits per heavy atom. The van der Waals surface area contributed by atoms with Crippen molar-refractivity contribution >= 4 is 5.97 Å². The van der Waals surface area contributed by atoms with E-state index in [1.54, 1.807) is 12.1 Å². The Kier molecular flexibility index (Phi) is 5.49. The van der Waals surface area contributed by atoms with Gasteiger partial charge in [-0.1, -0.05) is 36.4 Å². The van der Waals surface area contributed by atoms with Crippen LogP contribution in [-0.4, -0.2) is 16.1 Å². The molecule has 0 fully saturated rings. The van der Waals surface area contributed by atoms with Crippen LogP contribution in [0.1, 0.15) is 16.7 Å². The first-order chi connectivity index (χ1) is 12.6. The van der Waals surface area contributed by atoms with Gasteiger partial charge in [0.2, 0.25) is 5.88 Å². The maximum Gasteiger partial charge on any atom is 0.307 e. The Labute approximate surface area is 151 Å². The van der Waals surface area contributed by atoms with E-state index in [-0.39, 0.29) is 6.42 Å². The van der Waals surface area contributed by atoms with Crippen molar-refractivity contribution < 1.29 is 19.4 Å². The quantitative estimate of drug-likeness (QED) is 0.685. The van der Waals surface area contributed by atoms with E-state index in [4.69, 9.17) is 14.6 Å². The molecular weight excluding hydrogens is 330 g/mol. The zero-order chi connectivity index (χ0) is 18.4. The lowest BCUT2D eigenvalue weighted by molar-refractivity contribution is -0.136. The first-order valence-electron chi connectivity index (χ1n) is 8.22. The number of carboxylic acids is 1. The van der Waals surface area contributed by atoms with E-state index in [2.05, 4.69) is 4.98 Å². The lowest BCUT2D eigenvalue weighted by atomic mass is 10.2. The third-order valence-electron chi connectivity index (χ3n) is 3.76. The van der Waals surface area contributed by atoms with Gasteiger partial charge in [-0.15, -0.1) is 0 Å². The second-order valence-corrected chi connectivity index (χ2v) is 5.88. The molecule has 3 rings (SSSR count). The van der Waals surface area contributed by atoms with E-state index < -0.39 is 5.97 Å². The van der Waals surface area contributed by atoms with Gasteiger partial charge < -0.3 is 14.6 Å². The largest absolute Gasteiger partial charge is 0.489 e. The molecule has 5 nitrogen and oxygen atoms in total. The molecule has 0 aliphatic carbocycles. The molecular formula is C21H19NO4. The summed E-state index contributed by atoms with van der Waals surface area (Å²) in [5, 5.41) is 8.78. The fourth-order valence-electron chi connectivity index (χ4n) is 2.43. The minimum atomic E-state index is -0.887. The topological polar surface area (TPSA) is 68.7 Å². The molecule has 132 valence electrons. The zero-order valence-electron chi connectivity index (χ0n) is 14.4. The van der Waals surface area contributed by atoms with Crippen molar-refractivity contribution in [2.45, 2.75) is 20.0 Å². The van der Waals surface area contributed by atoms with Crippen LogP contribution in [0.3, 0.4) is 0 Å². The van der Waals surface area contributed by atoms with Crippen LogP contribution in [0.5, 0.6) is 17.4 Å². The second kappa shape index (κ2) is 8.16. The second-order valence-electron chi connectivity index (χ2n) is 5.88. The van der Waals surface area contributed by atoms with Gasteiger partial charge in [0, 0.05) is 12.3 Å². The number of aryl methyl sites for hydroxylation is 1. The SMILES string of the molecule is Cc1cc(OCc2ccccc2)ccc1Oc1ccc(CC(=O)O)cn1. The highest BCUT2D eigenvalue weighted by Crippen LogP contribution is 2.27. The fraction of sp³-hybridized carbons (Fsp3) is 0.143. The maximum atomic E-state index is 10.7. The molecule has 2 aromatic carbocycles. The molecule has 0 saturated carbocycles. The molecule has 5 heteroatoms. The predicted octanol–water partition coefficient (Wildman–Crippen LogP) is 4.39. The Morgan fingerprint density at radius 1 is 1.04 bits per heavy atom. The standard InChI is InChI=1S/C21H19NO4/c1-15-11-18(25-14-16-5-3-2-4-6-16)8-9-19(15)26-20-10-7-17(13-22-20)12-21(23)24/h2-11,13H,12,14H2,1H3,(H,23,24). The van der Waals surface area contributed by atoms with Crippen molar-refractivity contribution in [3.05, 3.63) is 83.6 Å². The highest BCUT2D eigenvalue weighted by atomic mass is 16.5. The van der Waals surface area contributed by atoms with Gasteiger partial charge in [0.1, 0.15) is 18.1 Å². The molecule has 0 aliphatic heterocycles. The third kappa shape index (κ3) is 4.83. The van der Waals surface area contributed by atoms with Crippen molar-refractivity contribution in [2.24, 2.45) is 0 Å². The monoisotopic (exact) mass is 349 g/mol. The van der Waals surface area contributed by atoms with E-state index in [1.807, 2.05) is 55.5 Å². The number of carbonyl (C=O) groups is 1. The minimum absolute atomic E-state index is 0.0558. The molecule has 26 heavy (non-hydrogen) atoms. The van der Waals surface area contributed by atoms with Gasteiger partial charge in [0.15, 0.2) is 0 Å². The van der Waals surface area contributed by atoms with Gasteiger partial charge >= 0.3 is 5.97 Å². The highest BCUT2D eigenvalue weighted by Gasteiger charge is 2.06. The lowest BCUT2D eigenvalue weighted by Gasteiger charge is -2.11. The van der Waals surface area contributed by atoms with Crippen LogP contribution in [0.25, 0.3) is 0 Å². The third-order valence-corrected chi connectivity index (χ3v) is 3.76. The lowest BCUT2D eigenvalue weighted by Crippen LogP contribution is -2.00. The van der Waals surface area contributed by atoms with Crippen molar-refractivity contribution in [1.29, 1.82) is 0 Å². The molecule has 1 aromatic heterocycles. The van der Waals surface area contributed by atoms with Gasteiger partial charge in [-0.3, -0.25) is 4.79 Å². The van der Waals surface area contributed by atoms with Crippen molar-refractivity contribution in [2.75, 3.05) is 0 Å². The van der Waals surface area contributed by atoms with E-state index in [0.717, 1.165) is 16.9 Å². The molecule has 0 saturated heterocycles. The highest BCUT2D eigenvalue weighted by molar-refractivity contribution is 5.70. The van der Waals surface area contributed by atoms with Crippen molar-refractivity contribution in [1.82, 2.24) is 4.98 Å². The fourth-order valence-corrected chi connectivity index (χ4v) is 2.43. The summed E-state index contributed by atoms with van der Waals surface area (Å²) in [6, 6.07) is 18.9. The Bertz CT molecular complexity index is 876. The number of benzene rings is 2. The van der Waals surface area contributed by atoms with Crippen LogP contribution in [0.2, 0.25) is 0 Å². The first kappa shape index (κ1) is 17.5. The predicted molar refractivity (Wildman–Crippen MR) is 97.6 cm³/mol. The molecule has 1 heterocycles. The minimum Gasteiger partial charge on any atom is -0.489 e. The summed E-state index contributed by atoms with van der Waals surface area (Å²) in [7, 11) is 0. The number of aliphatic carboxylic acids is 1. The van der Waals surface area contributed by atoms with E-state index >= 15 is 0 Å². The number of rotatable bonds is 7. The summed E-state index contributed by atoms with van der Waals surface area (Å²) in [5.41, 5.74) is 2.66. The number of nitrogens with zero attached hydrogens (tertiary/aromatic N) is 1. The molecule has 0 radical (unpaired) electrons. The summed E-state index contributed by atoms with van der Waals surface area (Å²) in [6.45, 7) is 2.44. The van der Waals surface area contributed by atoms with Crippen molar-refractivity contribution in [3.63, 3.8) is 0 Å². The average Bonchev–Trinajstić information content (AvgIpc) is 2.64. The number of carboxylic acid groups (broad SMARTS) is 1. The van der Waals surface area contributed by atoms with Crippen LogP contribution in [0.4, 0.5) is 0 Å². The molecule has 0 unspecified atom stereocenters. The van der Waals surface area contributed by atoms with Gasteiger partial charge in [0.05, 0.1) is 6.42 Å². The Balaban J connectivity index is 1.63. The van der Waals surface area contributed by atoms with Gasteiger partial charge in [-0.2, -0.15) is 0 Å². The smallest absolute Gasteiger partial charge is 0.307 e. The van der Waals surface area contributed by atoms with Gasteiger partial charge in [-0.25, -0.2) is 4.98 Å². The summed E-state index contributed by atoms with van der Waals surface area (Å²) < 4.78 is 11.6. The normalized spacial score (nSPS) is 10.3. The molecule has 0 aliphatic rings. The van der Waals surface area contributed by atoms with Crippen LogP contribution in [0, 0.1) is 6.92 Å². The first-order valence-corrected chi connectivity index (χ1v) is 8.22. The number of hydrogen-bond donors (Lipinski definition) is 1. The molecule has 0 spiro atoms. The van der Waals surface area contributed by atoms with E-state index in [9.17, 15) is 4.79 Å². The van der Waals surface area contributed by atoms with Gasteiger partial charge in [-0.05, 0) is 41.8 Å². The number of pyridine rings is 1. The molecule has 3 aromatic rings. The van der Waals surface area contributed by atoms with Crippen LogP contribution in [0.15, 0.2) is 66.9 Å². The molecule has 1 N–H and O–H groups in total. The van der Waals surface area contributed by atoms with Crippen LogP contribution < -0.4 is 9.47 Å². The summed E-state index contributed by atoms with van der Waals surface area (Å²) in [4.78, 5) is 14.8. The Hall–Kier alpha value is -3.34. The molecule has 0 atom stereocenters. The van der Waals surface area contributed by atoms with Crippen LogP contribution >= 0.6 is 0 Å². The summed E-state index contributed by atoms with van der Waals surface area (Å²) >= 11 is 0. The average molecular weight is 349 g/mol. The molecule has 0 bridgehead atoms.